The number of nitrogens with zero attached hydrogens (tertiary/aromatic N) is 2. The van der Waals surface area contributed by atoms with E-state index in [4.69, 9.17) is 5.73 Å². The van der Waals surface area contributed by atoms with E-state index in [9.17, 15) is 4.79 Å². The number of hydrogen-bond acceptors (Lipinski definition) is 3. The minimum absolute atomic E-state index is 0.285. The Hall–Kier alpha value is -1.71. The summed E-state index contributed by atoms with van der Waals surface area (Å²) in [5, 5.41) is 0. The predicted octanol–water partition coefficient (Wildman–Crippen LogP) is 2.48. The van der Waals surface area contributed by atoms with E-state index in [-0.39, 0.29) is 5.92 Å². The summed E-state index contributed by atoms with van der Waals surface area (Å²) >= 11 is 0. The van der Waals surface area contributed by atoms with Crippen molar-refractivity contribution in [1.29, 1.82) is 0 Å². The summed E-state index contributed by atoms with van der Waals surface area (Å²) in [6.45, 7) is 1.60. The Morgan fingerprint density at radius 1 is 1.24 bits per heavy atom. The van der Waals surface area contributed by atoms with Gasteiger partial charge in [-0.15, -0.1) is 0 Å². The lowest BCUT2D eigenvalue weighted by Gasteiger charge is -2.26. The molecule has 114 valence electrons. The average molecular weight is 287 g/mol. The standard InChI is InChI=1S/C17H25N3O/c1-19(2)16-8-7-15(18)9-14(16)11-20(10-12-3-4-12)17(21)13-5-6-13/h7-9,12-13H,3-6,10-11,18H2,1-2H3. The van der Waals surface area contributed by atoms with Gasteiger partial charge >= 0.3 is 0 Å². The highest BCUT2D eigenvalue weighted by Gasteiger charge is 2.36. The summed E-state index contributed by atoms with van der Waals surface area (Å²) in [5.41, 5.74) is 9.00. The summed E-state index contributed by atoms with van der Waals surface area (Å²) in [5.74, 6) is 1.35. The molecule has 0 radical (unpaired) electrons. The molecule has 1 aromatic rings. The first-order valence-electron chi connectivity index (χ1n) is 7.89. The molecule has 0 spiro atoms. The molecule has 0 aromatic heterocycles. The minimum atomic E-state index is 0.285. The van der Waals surface area contributed by atoms with Crippen molar-refractivity contribution < 1.29 is 4.79 Å². The van der Waals surface area contributed by atoms with Crippen molar-refractivity contribution in [2.45, 2.75) is 32.2 Å². The minimum Gasteiger partial charge on any atom is -0.399 e. The smallest absolute Gasteiger partial charge is 0.225 e. The molecule has 2 aliphatic rings. The Kier molecular flexibility index (Phi) is 3.79. The molecule has 0 heterocycles. The van der Waals surface area contributed by atoms with E-state index >= 15 is 0 Å². The zero-order valence-corrected chi connectivity index (χ0v) is 13.0. The molecule has 1 amide bonds. The average Bonchev–Trinajstić information content (AvgIpc) is 3.30. The van der Waals surface area contributed by atoms with Crippen LogP contribution < -0.4 is 10.6 Å². The van der Waals surface area contributed by atoms with E-state index in [1.165, 1.54) is 12.8 Å². The fourth-order valence-corrected chi connectivity index (χ4v) is 2.81. The van der Waals surface area contributed by atoms with Crippen molar-refractivity contribution >= 4 is 17.3 Å². The summed E-state index contributed by atoms with van der Waals surface area (Å²) in [7, 11) is 4.06. The Labute approximate surface area is 126 Å². The van der Waals surface area contributed by atoms with Crippen LogP contribution in [0.1, 0.15) is 31.2 Å². The SMILES string of the molecule is CN(C)c1ccc(N)cc1CN(CC1CC1)C(=O)C1CC1. The maximum atomic E-state index is 12.5. The highest BCUT2D eigenvalue weighted by atomic mass is 16.2. The molecule has 3 rings (SSSR count). The van der Waals surface area contributed by atoms with Crippen molar-refractivity contribution in [3.8, 4) is 0 Å². The number of nitrogen functional groups attached to an aromatic ring is 1. The van der Waals surface area contributed by atoms with E-state index in [0.717, 1.165) is 42.2 Å². The van der Waals surface area contributed by atoms with E-state index in [0.29, 0.717) is 12.5 Å². The zero-order chi connectivity index (χ0) is 15.0. The third-order valence-electron chi connectivity index (χ3n) is 4.36. The van der Waals surface area contributed by atoms with Crippen LogP contribution in [0.15, 0.2) is 18.2 Å². The molecule has 0 bridgehead atoms. The van der Waals surface area contributed by atoms with Gasteiger partial charge in [0.15, 0.2) is 0 Å². The predicted molar refractivity (Wildman–Crippen MR) is 86.0 cm³/mol. The molecule has 2 fully saturated rings. The lowest BCUT2D eigenvalue weighted by molar-refractivity contribution is -0.133. The second kappa shape index (κ2) is 5.58. The zero-order valence-electron chi connectivity index (χ0n) is 13.0. The highest BCUT2D eigenvalue weighted by Crippen LogP contribution is 2.36. The Balaban J connectivity index is 1.80. The molecule has 1 aromatic carbocycles. The summed E-state index contributed by atoms with van der Waals surface area (Å²) < 4.78 is 0. The maximum Gasteiger partial charge on any atom is 0.225 e. The van der Waals surface area contributed by atoms with Crippen LogP contribution in [-0.4, -0.2) is 31.4 Å². The molecular formula is C17H25N3O. The van der Waals surface area contributed by atoms with Crippen LogP contribution in [0, 0.1) is 11.8 Å². The number of nitrogens with two attached hydrogens (primary N) is 1. The first kappa shape index (κ1) is 14.2. The lowest BCUT2D eigenvalue weighted by atomic mass is 10.1. The topological polar surface area (TPSA) is 49.6 Å². The second-order valence-electron chi connectivity index (χ2n) is 6.72. The van der Waals surface area contributed by atoms with Crippen molar-refractivity contribution in [2.24, 2.45) is 11.8 Å². The van der Waals surface area contributed by atoms with Crippen LogP contribution in [-0.2, 0) is 11.3 Å². The van der Waals surface area contributed by atoms with Crippen LogP contribution >= 0.6 is 0 Å². The van der Waals surface area contributed by atoms with Crippen LogP contribution in [0.5, 0.6) is 0 Å². The number of hydrogen-bond donors (Lipinski definition) is 1. The number of rotatable bonds is 6. The van der Waals surface area contributed by atoms with E-state index < -0.39 is 0 Å². The Morgan fingerprint density at radius 3 is 2.52 bits per heavy atom. The van der Waals surface area contributed by atoms with Crippen LogP contribution in [0.4, 0.5) is 11.4 Å². The van der Waals surface area contributed by atoms with Gasteiger partial charge in [-0.1, -0.05) is 0 Å². The van der Waals surface area contributed by atoms with Gasteiger partial charge < -0.3 is 15.5 Å². The molecule has 0 atom stereocenters. The van der Waals surface area contributed by atoms with Gasteiger partial charge in [-0.3, -0.25) is 4.79 Å². The number of carbonyl (C=O) groups excluding carboxylic acids is 1. The second-order valence-corrected chi connectivity index (χ2v) is 6.72. The van der Waals surface area contributed by atoms with Crippen LogP contribution in [0.2, 0.25) is 0 Å². The number of carbonyl (C=O) groups is 1. The van der Waals surface area contributed by atoms with Crippen molar-refractivity contribution in [1.82, 2.24) is 4.90 Å². The van der Waals surface area contributed by atoms with Crippen LogP contribution in [0.25, 0.3) is 0 Å². The van der Waals surface area contributed by atoms with E-state index in [1.807, 2.05) is 32.3 Å². The molecule has 4 heteroatoms. The van der Waals surface area contributed by atoms with Gasteiger partial charge in [0.2, 0.25) is 5.91 Å². The molecule has 4 nitrogen and oxygen atoms in total. The third kappa shape index (κ3) is 3.49. The largest absolute Gasteiger partial charge is 0.399 e. The molecule has 2 saturated carbocycles. The lowest BCUT2D eigenvalue weighted by Crippen LogP contribution is -2.34. The highest BCUT2D eigenvalue weighted by molar-refractivity contribution is 5.81. The molecule has 0 saturated heterocycles. The first-order valence-corrected chi connectivity index (χ1v) is 7.89. The van der Waals surface area contributed by atoms with Crippen molar-refractivity contribution in [2.75, 3.05) is 31.3 Å². The van der Waals surface area contributed by atoms with Gasteiger partial charge in [0.05, 0.1) is 0 Å². The molecule has 21 heavy (non-hydrogen) atoms. The third-order valence-corrected chi connectivity index (χ3v) is 4.36. The molecule has 2 N–H and O–H groups in total. The summed E-state index contributed by atoms with van der Waals surface area (Å²) in [4.78, 5) is 16.7. The Bertz CT molecular complexity index is 533. The van der Waals surface area contributed by atoms with Crippen molar-refractivity contribution in [3.63, 3.8) is 0 Å². The van der Waals surface area contributed by atoms with E-state index in [1.54, 1.807) is 0 Å². The van der Waals surface area contributed by atoms with Gasteiger partial charge in [-0.2, -0.15) is 0 Å². The number of benzene rings is 1. The van der Waals surface area contributed by atoms with E-state index in [2.05, 4.69) is 9.80 Å². The molecule has 2 aliphatic carbocycles. The molecule has 0 unspecified atom stereocenters. The summed E-state index contributed by atoms with van der Waals surface area (Å²) in [6, 6.07) is 5.98. The maximum absolute atomic E-state index is 12.5. The monoisotopic (exact) mass is 287 g/mol. The van der Waals surface area contributed by atoms with Gasteiger partial charge in [0.25, 0.3) is 0 Å². The fourth-order valence-electron chi connectivity index (χ4n) is 2.81. The Morgan fingerprint density at radius 2 is 1.95 bits per heavy atom. The van der Waals surface area contributed by atoms with Gasteiger partial charge in [-0.05, 0) is 55.4 Å². The van der Waals surface area contributed by atoms with Crippen LogP contribution in [0.3, 0.4) is 0 Å². The quantitative estimate of drug-likeness (QED) is 0.818. The van der Waals surface area contributed by atoms with Gasteiger partial charge in [-0.25, -0.2) is 0 Å². The number of anilines is 2. The first-order chi connectivity index (χ1) is 10.0. The normalized spacial score (nSPS) is 17.6. The van der Waals surface area contributed by atoms with Crippen molar-refractivity contribution in [3.05, 3.63) is 23.8 Å². The molecule has 0 aliphatic heterocycles. The van der Waals surface area contributed by atoms with Gasteiger partial charge in [0.1, 0.15) is 0 Å². The summed E-state index contributed by atoms with van der Waals surface area (Å²) in [6.07, 6.45) is 4.67. The fraction of sp³-hybridized carbons (Fsp3) is 0.588. The number of amides is 1. The van der Waals surface area contributed by atoms with Gasteiger partial charge in [0, 0.05) is 44.5 Å². The molecular weight excluding hydrogens is 262 g/mol.